The van der Waals surface area contributed by atoms with Gasteiger partial charge < -0.3 is 10.1 Å². The molecule has 3 aromatic rings. The van der Waals surface area contributed by atoms with Crippen molar-refractivity contribution in [1.29, 1.82) is 0 Å². The minimum atomic E-state index is -0.402. The van der Waals surface area contributed by atoms with Crippen LogP contribution in [0.4, 0.5) is 5.95 Å². The minimum absolute atomic E-state index is 0.358. The highest BCUT2D eigenvalue weighted by molar-refractivity contribution is 9.10. The molecule has 27 heavy (non-hydrogen) atoms. The second-order valence-electron chi connectivity index (χ2n) is 6.15. The van der Waals surface area contributed by atoms with Gasteiger partial charge in [-0.2, -0.15) is 4.98 Å². The zero-order valence-corrected chi connectivity index (χ0v) is 17.1. The molecular formula is C18H22BrN5O3. The molecule has 0 radical (unpaired) electrons. The van der Waals surface area contributed by atoms with E-state index in [1.165, 1.54) is 11.6 Å². The first-order valence-electron chi connectivity index (χ1n) is 8.66. The molecule has 0 amide bonds. The van der Waals surface area contributed by atoms with Gasteiger partial charge in [0.25, 0.3) is 5.56 Å². The topological polar surface area (TPSA) is 83.1 Å². The Bertz CT molecular complexity index is 1080. The summed E-state index contributed by atoms with van der Waals surface area (Å²) in [4.78, 5) is 29.6. The van der Waals surface area contributed by atoms with Crippen molar-refractivity contribution in [1.82, 2.24) is 18.7 Å². The predicted octanol–water partition coefficient (Wildman–Crippen LogP) is 1.69. The third kappa shape index (κ3) is 3.84. The number of anilines is 1. The molecule has 2 heterocycles. The molecule has 0 aliphatic carbocycles. The second kappa shape index (κ2) is 8.10. The molecule has 0 bridgehead atoms. The molecule has 0 aliphatic heterocycles. The van der Waals surface area contributed by atoms with E-state index < -0.39 is 5.69 Å². The molecule has 0 spiro atoms. The van der Waals surface area contributed by atoms with Gasteiger partial charge in [-0.25, -0.2) is 4.79 Å². The zero-order valence-electron chi connectivity index (χ0n) is 15.5. The number of nitrogens with zero attached hydrogens (tertiary/aromatic N) is 4. The SMILES string of the molecule is CCOCCNc1nc2c(c(=O)n(C)c(=O)n2C)n1Cc1cccc(Br)c1. The summed E-state index contributed by atoms with van der Waals surface area (Å²) in [5.41, 5.74) is 0.983. The summed E-state index contributed by atoms with van der Waals surface area (Å²) in [6.07, 6.45) is 0. The largest absolute Gasteiger partial charge is 0.380 e. The molecule has 9 heteroatoms. The summed E-state index contributed by atoms with van der Waals surface area (Å²) < 4.78 is 10.6. The molecule has 8 nitrogen and oxygen atoms in total. The Hall–Kier alpha value is -2.39. The number of rotatable bonds is 7. The van der Waals surface area contributed by atoms with Crippen LogP contribution in [0.2, 0.25) is 0 Å². The van der Waals surface area contributed by atoms with E-state index in [-0.39, 0.29) is 5.56 Å². The average molecular weight is 436 g/mol. The quantitative estimate of drug-likeness (QED) is 0.570. The van der Waals surface area contributed by atoms with E-state index in [0.29, 0.717) is 43.4 Å². The number of hydrogen-bond donors (Lipinski definition) is 1. The number of imidazole rings is 1. The molecule has 2 aromatic heterocycles. The van der Waals surface area contributed by atoms with Gasteiger partial charge in [0.1, 0.15) is 0 Å². The first-order chi connectivity index (χ1) is 12.9. The second-order valence-corrected chi connectivity index (χ2v) is 7.07. The Balaban J connectivity index is 2.14. The average Bonchev–Trinajstić information content (AvgIpc) is 3.00. The summed E-state index contributed by atoms with van der Waals surface area (Å²) in [7, 11) is 3.09. The van der Waals surface area contributed by atoms with Gasteiger partial charge in [-0.1, -0.05) is 28.1 Å². The Labute approximate surface area is 164 Å². The maximum atomic E-state index is 12.8. The minimum Gasteiger partial charge on any atom is -0.380 e. The Kier molecular flexibility index (Phi) is 5.81. The van der Waals surface area contributed by atoms with Crippen molar-refractivity contribution in [3.05, 3.63) is 55.1 Å². The van der Waals surface area contributed by atoms with Crippen molar-refractivity contribution in [2.24, 2.45) is 14.1 Å². The molecule has 0 atom stereocenters. The van der Waals surface area contributed by atoms with E-state index >= 15 is 0 Å². The first-order valence-corrected chi connectivity index (χ1v) is 9.45. The van der Waals surface area contributed by atoms with Crippen molar-refractivity contribution < 1.29 is 4.74 Å². The van der Waals surface area contributed by atoms with E-state index in [0.717, 1.165) is 14.6 Å². The molecular weight excluding hydrogens is 414 g/mol. The lowest BCUT2D eigenvalue weighted by Gasteiger charge is -2.11. The van der Waals surface area contributed by atoms with Crippen LogP contribution in [0, 0.1) is 0 Å². The van der Waals surface area contributed by atoms with Gasteiger partial charge in [-0.05, 0) is 24.6 Å². The van der Waals surface area contributed by atoms with E-state index in [4.69, 9.17) is 4.74 Å². The van der Waals surface area contributed by atoms with Gasteiger partial charge in [0.05, 0.1) is 13.2 Å². The molecule has 144 valence electrons. The third-order valence-electron chi connectivity index (χ3n) is 4.31. The summed E-state index contributed by atoms with van der Waals surface area (Å²) in [5, 5.41) is 3.22. The number of aryl methyl sites for hydroxylation is 1. The molecule has 1 aromatic carbocycles. The number of nitrogens with one attached hydrogen (secondary N) is 1. The number of ether oxygens (including phenoxy) is 1. The van der Waals surface area contributed by atoms with Gasteiger partial charge in [-0.3, -0.25) is 18.5 Å². The van der Waals surface area contributed by atoms with E-state index in [9.17, 15) is 9.59 Å². The van der Waals surface area contributed by atoms with Gasteiger partial charge in [0.2, 0.25) is 5.95 Å². The number of aromatic nitrogens is 4. The van der Waals surface area contributed by atoms with Gasteiger partial charge in [-0.15, -0.1) is 0 Å². The molecule has 0 aliphatic rings. The Morgan fingerprint density at radius 2 is 2.00 bits per heavy atom. The monoisotopic (exact) mass is 435 g/mol. The lowest BCUT2D eigenvalue weighted by molar-refractivity contribution is 0.158. The number of hydrogen-bond acceptors (Lipinski definition) is 5. The Morgan fingerprint density at radius 3 is 2.70 bits per heavy atom. The smallest absolute Gasteiger partial charge is 0.332 e. The van der Waals surface area contributed by atoms with Gasteiger partial charge in [0, 0.05) is 31.7 Å². The highest BCUT2D eigenvalue weighted by atomic mass is 79.9. The van der Waals surface area contributed by atoms with E-state index in [1.807, 2.05) is 35.8 Å². The van der Waals surface area contributed by atoms with Crippen molar-refractivity contribution in [2.45, 2.75) is 13.5 Å². The standard InChI is InChI=1S/C18H22BrN5O3/c1-4-27-9-8-20-17-21-15-14(16(25)23(3)18(26)22(15)2)24(17)11-12-6-5-7-13(19)10-12/h5-7,10H,4,8-9,11H2,1-3H3,(H,20,21). The lowest BCUT2D eigenvalue weighted by atomic mass is 10.2. The van der Waals surface area contributed by atoms with Crippen LogP contribution < -0.4 is 16.6 Å². The van der Waals surface area contributed by atoms with Crippen LogP contribution in [0.1, 0.15) is 12.5 Å². The molecule has 0 unspecified atom stereocenters. The van der Waals surface area contributed by atoms with Crippen molar-refractivity contribution in [2.75, 3.05) is 25.1 Å². The summed E-state index contributed by atoms with van der Waals surface area (Å²) >= 11 is 3.47. The van der Waals surface area contributed by atoms with Crippen LogP contribution in [0.15, 0.2) is 38.3 Å². The maximum absolute atomic E-state index is 12.8. The van der Waals surface area contributed by atoms with Crippen LogP contribution in [0.5, 0.6) is 0 Å². The highest BCUT2D eigenvalue weighted by Crippen LogP contribution is 2.19. The fourth-order valence-electron chi connectivity index (χ4n) is 2.93. The van der Waals surface area contributed by atoms with E-state index in [1.54, 1.807) is 7.05 Å². The third-order valence-corrected chi connectivity index (χ3v) is 4.80. The lowest BCUT2D eigenvalue weighted by Crippen LogP contribution is -2.37. The first kappa shape index (κ1) is 19.4. The molecule has 0 fully saturated rings. The molecule has 0 saturated heterocycles. The predicted molar refractivity (Wildman–Crippen MR) is 108 cm³/mol. The fraction of sp³-hybridized carbons (Fsp3) is 0.389. The fourth-order valence-corrected chi connectivity index (χ4v) is 3.38. The van der Waals surface area contributed by atoms with Crippen molar-refractivity contribution >= 4 is 33.0 Å². The summed E-state index contributed by atoms with van der Waals surface area (Å²) in [6.45, 7) is 4.07. The summed E-state index contributed by atoms with van der Waals surface area (Å²) in [5.74, 6) is 0.531. The molecule has 1 N–H and O–H groups in total. The van der Waals surface area contributed by atoms with Crippen LogP contribution in [0.25, 0.3) is 11.2 Å². The summed E-state index contributed by atoms with van der Waals surface area (Å²) in [6, 6.07) is 7.85. The Morgan fingerprint density at radius 1 is 1.22 bits per heavy atom. The number of fused-ring (bicyclic) bond motifs is 1. The van der Waals surface area contributed by atoms with E-state index in [2.05, 4.69) is 26.2 Å². The zero-order chi connectivity index (χ0) is 19.6. The van der Waals surface area contributed by atoms with Crippen LogP contribution in [-0.2, 0) is 25.4 Å². The van der Waals surface area contributed by atoms with Crippen molar-refractivity contribution in [3.8, 4) is 0 Å². The number of benzene rings is 1. The van der Waals surface area contributed by atoms with Crippen LogP contribution in [0.3, 0.4) is 0 Å². The molecule has 3 rings (SSSR count). The number of halogens is 1. The maximum Gasteiger partial charge on any atom is 0.332 e. The molecule has 0 saturated carbocycles. The highest BCUT2D eigenvalue weighted by Gasteiger charge is 2.19. The van der Waals surface area contributed by atoms with Crippen LogP contribution in [-0.4, -0.2) is 38.4 Å². The van der Waals surface area contributed by atoms with Crippen LogP contribution >= 0.6 is 15.9 Å². The van der Waals surface area contributed by atoms with Gasteiger partial charge >= 0.3 is 5.69 Å². The van der Waals surface area contributed by atoms with Crippen molar-refractivity contribution in [3.63, 3.8) is 0 Å². The van der Waals surface area contributed by atoms with Gasteiger partial charge in [0.15, 0.2) is 11.2 Å². The normalized spacial score (nSPS) is 11.3.